The smallest absolute Gasteiger partial charge is 0.340 e. The lowest BCUT2D eigenvalue weighted by molar-refractivity contribution is -0.203. The lowest BCUT2D eigenvalue weighted by atomic mass is 9.41. The highest BCUT2D eigenvalue weighted by Gasteiger charge is 2.64. The molecule has 39 heavy (non-hydrogen) atoms. The number of aromatic nitrogens is 2. The van der Waals surface area contributed by atoms with Crippen molar-refractivity contribution in [3.05, 3.63) is 29.6 Å². The van der Waals surface area contributed by atoms with Crippen molar-refractivity contribution in [2.24, 2.45) is 52.3 Å². The summed E-state index contributed by atoms with van der Waals surface area (Å²) in [4.78, 5) is 20.6. The van der Waals surface area contributed by atoms with Crippen LogP contribution in [0.5, 0.6) is 0 Å². The van der Waals surface area contributed by atoms with Gasteiger partial charge in [-0.1, -0.05) is 40.2 Å². The topological polar surface area (TPSA) is 95.4 Å². The number of para-hydroxylation sites is 1. The molecule has 0 bridgehead atoms. The third kappa shape index (κ3) is 4.10. The second kappa shape index (κ2) is 9.87. The Kier molecular flexibility index (Phi) is 6.90. The number of aromatic amines is 1. The third-order valence-corrected chi connectivity index (χ3v) is 12.6. The maximum atomic E-state index is 12.3. The summed E-state index contributed by atoms with van der Waals surface area (Å²) in [6.07, 6.45) is 9.13. The van der Waals surface area contributed by atoms with E-state index in [-0.39, 0.29) is 29.0 Å². The Bertz CT molecular complexity index is 1230. The molecule has 0 saturated heterocycles. The Morgan fingerprint density at radius 1 is 1.10 bits per heavy atom. The van der Waals surface area contributed by atoms with E-state index in [1.165, 1.54) is 32.8 Å². The van der Waals surface area contributed by atoms with Crippen molar-refractivity contribution in [3.63, 3.8) is 0 Å². The number of aliphatic hydroxyl groups is 2. The first-order valence-corrected chi connectivity index (χ1v) is 15.5. The van der Waals surface area contributed by atoms with Gasteiger partial charge >= 0.3 is 5.97 Å². The summed E-state index contributed by atoms with van der Waals surface area (Å²) in [6, 6.07) is 5.63. The van der Waals surface area contributed by atoms with Gasteiger partial charge in [0.25, 0.3) is 0 Å². The quantitative estimate of drug-likeness (QED) is 0.398. The number of carbonyl (C=O) groups excluding carboxylic acids is 1. The second-order valence-electron chi connectivity index (χ2n) is 14.2. The van der Waals surface area contributed by atoms with Crippen LogP contribution in [0.3, 0.4) is 0 Å². The van der Waals surface area contributed by atoms with Crippen LogP contribution in [0.1, 0.15) is 95.2 Å². The van der Waals surface area contributed by atoms with E-state index in [0.29, 0.717) is 52.5 Å². The van der Waals surface area contributed by atoms with Gasteiger partial charge in [-0.3, -0.25) is 0 Å². The van der Waals surface area contributed by atoms with Crippen LogP contribution < -0.4 is 0 Å². The number of imidazole rings is 1. The van der Waals surface area contributed by atoms with E-state index in [2.05, 4.69) is 32.7 Å². The molecule has 214 valence electrons. The Hall–Kier alpha value is -1.92. The molecule has 4 fully saturated rings. The lowest BCUT2D eigenvalue weighted by Crippen LogP contribution is -2.62. The molecule has 6 heteroatoms. The largest absolute Gasteiger partial charge is 0.465 e. The first-order chi connectivity index (χ1) is 18.6. The summed E-state index contributed by atoms with van der Waals surface area (Å²) in [5, 5.41) is 22.5. The number of H-pyrrole nitrogens is 1. The number of esters is 1. The number of ether oxygens (including phenoxy) is 1. The second-order valence-corrected chi connectivity index (χ2v) is 14.2. The normalized spacial score (nSPS) is 42.4. The number of aliphatic hydroxyl groups excluding tert-OH is 2. The average Bonchev–Trinajstić information content (AvgIpc) is 3.49. The molecule has 2 aromatic rings. The fourth-order valence-corrected chi connectivity index (χ4v) is 10.8. The predicted molar refractivity (Wildman–Crippen MR) is 152 cm³/mol. The van der Waals surface area contributed by atoms with Crippen LogP contribution in [-0.2, 0) is 11.2 Å². The molecule has 4 aliphatic rings. The van der Waals surface area contributed by atoms with Gasteiger partial charge in [0.15, 0.2) is 0 Å². The van der Waals surface area contributed by atoms with Crippen LogP contribution in [-0.4, -0.2) is 45.5 Å². The maximum absolute atomic E-state index is 12.3. The molecule has 6 rings (SSSR count). The molecule has 0 spiro atoms. The number of methoxy groups -OCH3 is 1. The van der Waals surface area contributed by atoms with Gasteiger partial charge in [-0.2, -0.15) is 0 Å². The van der Waals surface area contributed by atoms with E-state index in [9.17, 15) is 15.0 Å². The summed E-state index contributed by atoms with van der Waals surface area (Å²) < 4.78 is 4.98. The van der Waals surface area contributed by atoms with Crippen molar-refractivity contribution in [1.29, 1.82) is 0 Å². The molecule has 4 aliphatic carbocycles. The molecule has 0 aliphatic heterocycles. The molecule has 0 radical (unpaired) electrons. The first kappa shape index (κ1) is 27.3. The fraction of sp³-hybridized carbons (Fsp3) is 0.758. The van der Waals surface area contributed by atoms with Crippen molar-refractivity contribution >= 4 is 17.0 Å². The third-order valence-electron chi connectivity index (χ3n) is 12.6. The zero-order chi connectivity index (χ0) is 27.7. The number of nitrogens with one attached hydrogen (secondary N) is 1. The number of fused-ring (bicyclic) bond motifs is 6. The SMILES string of the molecule is CC[C@H]1[C@@H](O)[C@@H]2[C@H](CC[C@]3(C)[C@@H]([C@H](C)Cc4nc5c(C(=O)OC)cccc5[nH]4)CC[C@@H]23)[C@@]2(C)CC[C@@H](O)C[C@@H]12. The Morgan fingerprint density at radius 3 is 2.59 bits per heavy atom. The van der Waals surface area contributed by atoms with Crippen molar-refractivity contribution in [2.75, 3.05) is 7.11 Å². The van der Waals surface area contributed by atoms with E-state index in [0.717, 1.165) is 43.4 Å². The van der Waals surface area contributed by atoms with E-state index in [1.54, 1.807) is 6.07 Å². The van der Waals surface area contributed by atoms with Crippen molar-refractivity contribution in [1.82, 2.24) is 9.97 Å². The van der Waals surface area contributed by atoms with E-state index < -0.39 is 0 Å². The number of hydrogen-bond acceptors (Lipinski definition) is 5. The minimum Gasteiger partial charge on any atom is -0.465 e. The molecule has 1 heterocycles. The van der Waals surface area contributed by atoms with Gasteiger partial charge in [0.1, 0.15) is 11.3 Å². The number of hydrogen-bond donors (Lipinski definition) is 3. The average molecular weight is 537 g/mol. The van der Waals surface area contributed by atoms with Gasteiger partial charge in [0, 0.05) is 6.42 Å². The van der Waals surface area contributed by atoms with Crippen LogP contribution >= 0.6 is 0 Å². The molecule has 6 nitrogen and oxygen atoms in total. The number of nitrogens with zero attached hydrogens (tertiary/aromatic N) is 1. The number of benzene rings is 1. The molecule has 1 aromatic carbocycles. The zero-order valence-electron chi connectivity index (χ0n) is 24.5. The van der Waals surface area contributed by atoms with Crippen LogP contribution in [0.2, 0.25) is 0 Å². The first-order valence-electron chi connectivity index (χ1n) is 15.5. The minimum absolute atomic E-state index is 0.201. The highest BCUT2D eigenvalue weighted by Crippen LogP contribution is 2.69. The molecule has 1 aromatic heterocycles. The molecular weight excluding hydrogens is 488 g/mol. The predicted octanol–water partition coefficient (Wildman–Crippen LogP) is 6.15. The van der Waals surface area contributed by atoms with Crippen LogP contribution in [0.15, 0.2) is 18.2 Å². The molecule has 0 amide bonds. The lowest BCUT2D eigenvalue weighted by Gasteiger charge is -2.64. The summed E-state index contributed by atoms with van der Waals surface area (Å²) in [7, 11) is 1.41. The zero-order valence-corrected chi connectivity index (χ0v) is 24.5. The highest BCUT2D eigenvalue weighted by atomic mass is 16.5. The summed E-state index contributed by atoms with van der Waals surface area (Å²) >= 11 is 0. The van der Waals surface area contributed by atoms with E-state index >= 15 is 0 Å². The molecular formula is C33H48N2O4. The summed E-state index contributed by atoms with van der Waals surface area (Å²) in [6.45, 7) is 9.67. The number of carbonyl (C=O) groups is 1. The Morgan fingerprint density at radius 2 is 1.85 bits per heavy atom. The van der Waals surface area contributed by atoms with Crippen molar-refractivity contribution < 1.29 is 19.7 Å². The maximum Gasteiger partial charge on any atom is 0.340 e. The molecule has 3 N–H and O–H groups in total. The molecule has 4 saturated carbocycles. The minimum atomic E-state index is -0.352. The highest BCUT2D eigenvalue weighted by molar-refractivity contribution is 6.01. The standard InChI is InChI=1S/C33H48N2O4/c1-6-20-25-17-19(36)12-14-33(25,4)24-13-15-32(3)22(10-11-23(32)28(24)30(20)37)18(2)16-27-34-26-9-7-8-21(29(26)35-27)31(38)39-5/h7-9,18-20,22-25,28,30,36-37H,6,10-17H2,1-5H3,(H,34,35)/t18-,19-,20-,22-,23+,24+,25+,28+,30-,32-,33-/m1/s1. The van der Waals surface area contributed by atoms with E-state index in [4.69, 9.17) is 9.72 Å². The van der Waals surface area contributed by atoms with Crippen LogP contribution in [0, 0.1) is 52.3 Å². The van der Waals surface area contributed by atoms with Gasteiger partial charge in [0.05, 0.1) is 30.4 Å². The van der Waals surface area contributed by atoms with Gasteiger partial charge in [-0.15, -0.1) is 0 Å². The molecule has 11 atom stereocenters. The van der Waals surface area contributed by atoms with Gasteiger partial charge < -0.3 is 19.9 Å². The van der Waals surface area contributed by atoms with Crippen molar-refractivity contribution in [2.45, 2.75) is 97.7 Å². The summed E-state index contributed by atoms with van der Waals surface area (Å²) in [5.74, 6) is 3.85. The van der Waals surface area contributed by atoms with Gasteiger partial charge in [-0.25, -0.2) is 9.78 Å². The molecule has 0 unspecified atom stereocenters. The van der Waals surface area contributed by atoms with Gasteiger partial charge in [0.2, 0.25) is 0 Å². The van der Waals surface area contributed by atoms with E-state index in [1.807, 2.05) is 12.1 Å². The Balaban J connectivity index is 1.25. The fourth-order valence-electron chi connectivity index (χ4n) is 10.8. The van der Waals surface area contributed by atoms with Crippen molar-refractivity contribution in [3.8, 4) is 0 Å². The summed E-state index contributed by atoms with van der Waals surface area (Å²) in [5.41, 5.74) is 2.54. The van der Waals surface area contributed by atoms with Crippen LogP contribution in [0.25, 0.3) is 11.0 Å². The number of rotatable bonds is 5. The van der Waals surface area contributed by atoms with Crippen LogP contribution in [0.4, 0.5) is 0 Å². The van der Waals surface area contributed by atoms with Gasteiger partial charge in [-0.05, 0) is 109 Å². The monoisotopic (exact) mass is 536 g/mol. The Labute approximate surface area is 233 Å².